The van der Waals surface area contributed by atoms with Gasteiger partial charge < -0.3 is 26.1 Å². The van der Waals surface area contributed by atoms with Crippen LogP contribution in [0.5, 0.6) is 0 Å². The van der Waals surface area contributed by atoms with Crippen molar-refractivity contribution < 1.29 is 24.2 Å². The molecule has 0 atom stereocenters. The minimum Gasteiger partial charge on any atom is -0.477 e. The van der Waals surface area contributed by atoms with Crippen LogP contribution in [0.15, 0.2) is 86.4 Å². The highest BCUT2D eigenvalue weighted by atomic mass is 79.9. The Labute approximate surface area is 263 Å². The van der Waals surface area contributed by atoms with Crippen molar-refractivity contribution in [1.82, 2.24) is 4.98 Å². The molecule has 0 saturated carbocycles. The maximum atomic E-state index is 10.7. The van der Waals surface area contributed by atoms with Crippen LogP contribution in [0, 0.1) is 0 Å². The number of carboxylic acid groups (broad SMARTS) is 2. The number of benzene rings is 2. The number of nitrogen functional groups attached to an aromatic ring is 1. The van der Waals surface area contributed by atoms with Crippen LogP contribution in [0.4, 0.5) is 5.69 Å². The van der Waals surface area contributed by atoms with Gasteiger partial charge in [0.2, 0.25) is 5.76 Å². The Morgan fingerprint density at radius 2 is 1.44 bits per heavy atom. The zero-order chi connectivity index (χ0) is 27.5. The van der Waals surface area contributed by atoms with Gasteiger partial charge in [0.1, 0.15) is 10.5 Å². The molecule has 41 heavy (non-hydrogen) atoms. The van der Waals surface area contributed by atoms with Gasteiger partial charge in [-0.2, -0.15) is 0 Å². The highest BCUT2D eigenvalue weighted by Crippen LogP contribution is 2.28. The Hall–Kier alpha value is -3.25. The maximum Gasteiger partial charge on any atom is 0.371 e. The average Bonchev–Trinajstić information content (AvgIpc) is 3.44. The molecule has 6 N–H and O–H groups in total. The van der Waals surface area contributed by atoms with E-state index < -0.39 is 11.9 Å². The summed E-state index contributed by atoms with van der Waals surface area (Å²) < 4.78 is 7.91. The van der Waals surface area contributed by atoms with Gasteiger partial charge in [0, 0.05) is 31.4 Å². The zero-order valence-corrected chi connectivity index (χ0v) is 23.9. The third-order valence-electron chi connectivity index (χ3n) is 4.07. The van der Waals surface area contributed by atoms with Crippen LogP contribution in [-0.2, 0) is 0 Å². The zero-order valence-electron chi connectivity index (χ0n) is 19.9. The van der Waals surface area contributed by atoms with E-state index in [1.165, 1.54) is 17.4 Å². The number of aromatic carboxylic acids is 2. The van der Waals surface area contributed by atoms with Crippen LogP contribution >= 0.6 is 43.2 Å². The van der Waals surface area contributed by atoms with Gasteiger partial charge in [-0.1, -0.05) is 81.5 Å². The van der Waals surface area contributed by atoms with Gasteiger partial charge in [-0.25, -0.2) is 9.59 Å². The molecule has 226 valence electrons. The Balaban J connectivity index is -0.000000489. The van der Waals surface area contributed by atoms with Gasteiger partial charge in [-0.05, 0) is 66.0 Å². The van der Waals surface area contributed by atoms with Crippen molar-refractivity contribution in [3.8, 4) is 0 Å². The summed E-state index contributed by atoms with van der Waals surface area (Å²) >= 11 is 7.90. The molecule has 8 nitrogen and oxygen atoms in total. The molecule has 0 aliphatic carbocycles. The van der Waals surface area contributed by atoms with Crippen molar-refractivity contribution in [3.63, 3.8) is 0 Å². The van der Waals surface area contributed by atoms with E-state index in [1.807, 2.05) is 38.1 Å². The third kappa shape index (κ3) is 14.8. The first-order chi connectivity index (χ1) is 17.5. The highest BCUT2D eigenvalue weighted by Gasteiger charge is 2.10. The molecule has 5 rings (SSSR count). The van der Waals surface area contributed by atoms with E-state index in [0.717, 1.165) is 24.4 Å². The summed E-state index contributed by atoms with van der Waals surface area (Å²) in [6, 6.07) is 18.2. The molecule has 0 saturated heterocycles. The number of furan rings is 1. The van der Waals surface area contributed by atoms with Gasteiger partial charge in [-0.15, -0.1) is 11.3 Å². The maximum absolute atomic E-state index is 10.7. The molecule has 0 spiro atoms. The summed E-state index contributed by atoms with van der Waals surface area (Å²) in [7, 11) is 0. The number of hydrogen-bond donors (Lipinski definition) is 4. The lowest BCUT2D eigenvalue weighted by Crippen LogP contribution is -2.06. The molecule has 0 fully saturated rings. The van der Waals surface area contributed by atoms with Gasteiger partial charge in [0.25, 0.3) is 0 Å². The fraction of sp³-hybridized carbons (Fsp3) is 0.233. The number of aromatic nitrogens is 1. The number of fused-ring (bicyclic) bond motifs is 2. The van der Waals surface area contributed by atoms with Crippen molar-refractivity contribution in [3.05, 3.63) is 92.6 Å². The van der Waals surface area contributed by atoms with Crippen LogP contribution in [0.2, 0.25) is 0 Å². The second-order valence-electron chi connectivity index (χ2n) is 7.73. The Kier molecular flexibility index (Phi) is 21.2. The summed E-state index contributed by atoms with van der Waals surface area (Å²) in [6.45, 7) is 3.89. The Morgan fingerprint density at radius 1 is 0.878 bits per heavy atom. The number of carboxylic acids is 2. The fourth-order valence-electron chi connectivity index (χ4n) is 2.60. The van der Waals surface area contributed by atoms with E-state index >= 15 is 0 Å². The lowest BCUT2D eigenvalue weighted by Gasteiger charge is -1.88. The first-order valence-corrected chi connectivity index (χ1v) is 13.1. The first kappa shape index (κ1) is 42.2. The normalized spacial score (nSPS) is 9.02. The Morgan fingerprint density at radius 3 is 1.90 bits per heavy atom. The quantitative estimate of drug-likeness (QED) is 0.141. The number of carbonyl (C=O) groups is 2. The SMILES string of the molecule is C.C.C.C.CC(C)N.Nc1cccnc1.O=C(O)c1cc2ccc(Br)cc2o1.O=C(O)c1cc2ccc(Br)cc2s1. The van der Waals surface area contributed by atoms with E-state index in [-0.39, 0.29) is 35.5 Å². The molecule has 2 aromatic carbocycles. The highest BCUT2D eigenvalue weighted by molar-refractivity contribution is 9.10. The summed E-state index contributed by atoms with van der Waals surface area (Å²) in [5.41, 5.74) is 11.7. The van der Waals surface area contributed by atoms with Crippen molar-refractivity contribution in [1.29, 1.82) is 0 Å². The van der Waals surface area contributed by atoms with Crippen LogP contribution in [-0.4, -0.2) is 33.2 Å². The standard InChI is InChI=1S/C9H5BrO3.C9H5BrO2S.C5H6N2.C3H9N.4CH4/c2*10-6-2-1-5-3-8(9(11)12)13-7(5)4-6;6-5-2-1-3-7-4-5;1-3(2)4;;;;/h2*1-4H,(H,11,12);1-4H,6H2;3H,4H2,1-2H3;4*1H4. The molecule has 0 unspecified atom stereocenters. The minimum atomic E-state index is -1.05. The van der Waals surface area contributed by atoms with E-state index in [2.05, 4.69) is 36.8 Å². The van der Waals surface area contributed by atoms with Crippen molar-refractivity contribution in [2.75, 3.05) is 5.73 Å². The Bertz CT molecular complexity index is 1380. The van der Waals surface area contributed by atoms with E-state index in [0.29, 0.717) is 22.2 Å². The third-order valence-corrected chi connectivity index (χ3v) is 6.14. The van der Waals surface area contributed by atoms with Crippen molar-refractivity contribution >= 4 is 81.9 Å². The van der Waals surface area contributed by atoms with E-state index in [1.54, 1.807) is 42.7 Å². The van der Waals surface area contributed by atoms with Gasteiger partial charge in [0.05, 0.1) is 5.69 Å². The molecule has 0 bridgehead atoms. The number of nitrogens with two attached hydrogens (primary N) is 2. The van der Waals surface area contributed by atoms with E-state index in [9.17, 15) is 9.59 Å². The number of hydrogen-bond acceptors (Lipinski definition) is 7. The summed E-state index contributed by atoms with van der Waals surface area (Å²) in [5.74, 6) is -1.95. The number of rotatable bonds is 2. The summed E-state index contributed by atoms with van der Waals surface area (Å²) in [6.07, 6.45) is 3.30. The summed E-state index contributed by atoms with van der Waals surface area (Å²) in [5, 5.41) is 19.2. The smallest absolute Gasteiger partial charge is 0.371 e. The largest absolute Gasteiger partial charge is 0.477 e. The fourth-order valence-corrected chi connectivity index (χ4v) is 4.39. The number of anilines is 1. The monoisotopic (exact) mass is 713 g/mol. The summed E-state index contributed by atoms with van der Waals surface area (Å²) in [4.78, 5) is 25.3. The molecule has 3 aromatic heterocycles. The van der Waals surface area contributed by atoms with E-state index in [4.69, 9.17) is 26.1 Å². The molecule has 0 radical (unpaired) electrons. The molecule has 3 heterocycles. The topological polar surface area (TPSA) is 153 Å². The molecule has 0 aliphatic rings. The van der Waals surface area contributed by atoms with Crippen LogP contribution in [0.25, 0.3) is 21.1 Å². The molecule has 0 amide bonds. The van der Waals surface area contributed by atoms with Gasteiger partial charge >= 0.3 is 11.9 Å². The van der Waals surface area contributed by atoms with Crippen molar-refractivity contribution in [2.45, 2.75) is 49.6 Å². The van der Waals surface area contributed by atoms with Crippen molar-refractivity contribution in [2.24, 2.45) is 5.73 Å². The van der Waals surface area contributed by atoms with Crippen LogP contribution < -0.4 is 11.5 Å². The van der Waals surface area contributed by atoms with Gasteiger partial charge in [0.15, 0.2) is 0 Å². The number of nitrogens with zero attached hydrogens (tertiary/aromatic N) is 1. The number of thiophene rings is 1. The van der Waals surface area contributed by atoms with Crippen LogP contribution in [0.3, 0.4) is 0 Å². The second kappa shape index (κ2) is 20.6. The molecule has 11 heteroatoms. The predicted molar refractivity (Wildman–Crippen MR) is 182 cm³/mol. The molecular weight excluding hydrogens is 674 g/mol. The lowest BCUT2D eigenvalue weighted by molar-refractivity contribution is 0.0662. The second-order valence-corrected chi connectivity index (χ2v) is 10.6. The molecular formula is C30H41Br2N3O5S. The lowest BCUT2D eigenvalue weighted by atomic mass is 10.2. The number of pyridine rings is 1. The van der Waals surface area contributed by atoms with Gasteiger partial charge in [-0.3, -0.25) is 4.98 Å². The molecule has 0 aliphatic heterocycles. The molecule has 5 aromatic rings. The predicted octanol–water partition coefficient (Wildman–Crippen LogP) is 9.82. The minimum absolute atomic E-state index is 0. The average molecular weight is 716 g/mol. The van der Waals surface area contributed by atoms with Crippen LogP contribution in [0.1, 0.15) is 63.8 Å². The number of halogens is 2. The first-order valence-electron chi connectivity index (χ1n) is 10.7.